The van der Waals surface area contributed by atoms with E-state index >= 15 is 0 Å². The summed E-state index contributed by atoms with van der Waals surface area (Å²) in [5.41, 5.74) is 6.26. The molecule has 3 aliphatic heterocycles. The molecule has 146 valence electrons. The number of urea groups is 1. The number of anilines is 1. The average Bonchev–Trinajstić information content (AvgIpc) is 3.33. The molecule has 3 aliphatic rings. The molecule has 1 saturated heterocycles. The number of fused-ring (bicyclic) bond motifs is 4. The van der Waals surface area contributed by atoms with Crippen LogP contribution in [-0.4, -0.2) is 34.5 Å². The van der Waals surface area contributed by atoms with E-state index in [1.165, 1.54) is 27.6 Å². The number of aromatic amines is 1. The second-order valence-corrected chi connectivity index (χ2v) is 8.55. The molecule has 1 fully saturated rings. The highest BCUT2D eigenvalue weighted by atomic mass is 16.2. The Morgan fingerprint density at radius 3 is 2.93 bits per heavy atom. The van der Waals surface area contributed by atoms with Gasteiger partial charge in [-0.1, -0.05) is 36.4 Å². The predicted octanol–water partition coefficient (Wildman–Crippen LogP) is 5.36. The summed E-state index contributed by atoms with van der Waals surface area (Å²) in [6.45, 7) is 0.825. The highest BCUT2D eigenvalue weighted by Gasteiger charge is 2.42. The first-order valence-electron chi connectivity index (χ1n) is 10.7. The van der Waals surface area contributed by atoms with Gasteiger partial charge in [0.25, 0.3) is 0 Å². The van der Waals surface area contributed by atoms with E-state index in [1.54, 1.807) is 0 Å². The van der Waals surface area contributed by atoms with Crippen molar-refractivity contribution >= 4 is 28.2 Å². The van der Waals surface area contributed by atoms with Gasteiger partial charge in [-0.3, -0.25) is 4.90 Å². The molecule has 29 heavy (non-hydrogen) atoms. The molecule has 1 aromatic heterocycles. The number of aromatic nitrogens is 1. The first kappa shape index (κ1) is 16.9. The van der Waals surface area contributed by atoms with Crippen molar-refractivity contribution in [3.63, 3.8) is 0 Å². The van der Waals surface area contributed by atoms with Gasteiger partial charge in [-0.2, -0.15) is 0 Å². The van der Waals surface area contributed by atoms with Gasteiger partial charge in [-0.25, -0.2) is 4.79 Å². The van der Waals surface area contributed by atoms with Gasteiger partial charge in [-0.15, -0.1) is 0 Å². The van der Waals surface area contributed by atoms with Crippen molar-refractivity contribution in [1.82, 2.24) is 9.88 Å². The van der Waals surface area contributed by atoms with E-state index in [9.17, 15) is 4.79 Å². The normalized spacial score (nSPS) is 23.2. The first-order valence-corrected chi connectivity index (χ1v) is 10.7. The van der Waals surface area contributed by atoms with Crippen molar-refractivity contribution in [3.05, 3.63) is 71.9 Å². The third-order valence-electron chi connectivity index (χ3n) is 6.88. The maximum atomic E-state index is 13.6. The predicted molar refractivity (Wildman–Crippen MR) is 117 cm³/mol. The quantitative estimate of drug-likeness (QED) is 0.604. The fourth-order valence-electron chi connectivity index (χ4n) is 5.46. The van der Waals surface area contributed by atoms with E-state index in [4.69, 9.17) is 0 Å². The van der Waals surface area contributed by atoms with E-state index in [0.29, 0.717) is 6.04 Å². The second-order valence-electron chi connectivity index (χ2n) is 8.55. The lowest BCUT2D eigenvalue weighted by Gasteiger charge is -2.39. The Bertz CT molecular complexity index is 1130. The summed E-state index contributed by atoms with van der Waals surface area (Å²) in [5.74, 6) is 0. The molecule has 2 unspecified atom stereocenters. The van der Waals surface area contributed by atoms with Crippen LogP contribution in [0.5, 0.6) is 0 Å². The Morgan fingerprint density at radius 2 is 2.00 bits per heavy atom. The fourth-order valence-corrected chi connectivity index (χ4v) is 5.46. The maximum Gasteiger partial charge on any atom is 0.325 e. The summed E-state index contributed by atoms with van der Waals surface area (Å²) >= 11 is 0. The van der Waals surface area contributed by atoms with E-state index < -0.39 is 0 Å². The summed E-state index contributed by atoms with van der Waals surface area (Å²) in [6, 6.07) is 17.9. The molecule has 0 spiro atoms. The molecule has 3 aromatic rings. The number of hydrogen-bond acceptors (Lipinski definition) is 1. The Morgan fingerprint density at radius 1 is 1.07 bits per heavy atom. The highest BCUT2D eigenvalue weighted by molar-refractivity contribution is 5.95. The van der Waals surface area contributed by atoms with Gasteiger partial charge in [-0.05, 0) is 72.4 Å². The molecular formula is C25H25N3O. The Balaban J connectivity index is 1.31. The molecule has 0 aliphatic carbocycles. The van der Waals surface area contributed by atoms with Gasteiger partial charge >= 0.3 is 6.03 Å². The molecule has 0 saturated carbocycles. The molecule has 4 heterocycles. The average molecular weight is 383 g/mol. The minimum Gasteiger partial charge on any atom is -0.361 e. The molecule has 1 N–H and O–H groups in total. The molecular weight excluding hydrogens is 358 g/mol. The lowest BCUT2D eigenvalue weighted by Crippen LogP contribution is -2.51. The van der Waals surface area contributed by atoms with Crippen LogP contribution < -0.4 is 4.90 Å². The van der Waals surface area contributed by atoms with Crippen LogP contribution in [-0.2, 0) is 6.42 Å². The number of nitrogens with zero attached hydrogens (tertiary/aromatic N) is 2. The molecule has 6 rings (SSSR count). The van der Waals surface area contributed by atoms with Gasteiger partial charge in [0.1, 0.15) is 0 Å². The largest absolute Gasteiger partial charge is 0.361 e. The van der Waals surface area contributed by atoms with Crippen LogP contribution in [0.15, 0.2) is 60.8 Å². The summed E-state index contributed by atoms with van der Waals surface area (Å²) in [5, 5.41) is 1.24. The van der Waals surface area contributed by atoms with Crippen LogP contribution in [0.1, 0.15) is 36.8 Å². The standard InChI is InChI=1S/C25H25N3O/c29-25(27-13-3-5-18-4-1-2-6-24(18)27)28-21-9-10-22(28)15-20(14-21)19-8-7-17-11-12-26-23(17)16-19/h1-2,4,6-8,11-12,14,16,21-22,26H,3,5,9-10,13,15H2. The summed E-state index contributed by atoms with van der Waals surface area (Å²) in [7, 11) is 0. The molecule has 4 nitrogen and oxygen atoms in total. The molecule has 2 atom stereocenters. The topological polar surface area (TPSA) is 39.3 Å². The van der Waals surface area contributed by atoms with Gasteiger partial charge in [0.15, 0.2) is 0 Å². The number of rotatable bonds is 1. The van der Waals surface area contributed by atoms with Crippen LogP contribution in [0.2, 0.25) is 0 Å². The SMILES string of the molecule is O=C(N1CCCc2ccccc21)N1C2C=C(c3ccc4cc[nH]c4c3)CC1CC2. The Labute approximate surface area is 170 Å². The number of hydrogen-bond donors (Lipinski definition) is 1. The zero-order valence-electron chi connectivity index (χ0n) is 16.5. The number of carbonyl (C=O) groups is 1. The van der Waals surface area contributed by atoms with Crippen molar-refractivity contribution in [1.29, 1.82) is 0 Å². The highest BCUT2D eigenvalue weighted by Crippen LogP contribution is 2.40. The lowest BCUT2D eigenvalue weighted by atomic mass is 9.94. The van der Waals surface area contributed by atoms with Crippen molar-refractivity contribution in [2.75, 3.05) is 11.4 Å². The molecule has 2 aromatic carbocycles. The van der Waals surface area contributed by atoms with E-state index in [-0.39, 0.29) is 12.1 Å². The number of amides is 2. The van der Waals surface area contributed by atoms with Crippen LogP contribution >= 0.6 is 0 Å². The van der Waals surface area contributed by atoms with Crippen molar-refractivity contribution < 1.29 is 4.79 Å². The molecule has 2 amide bonds. The van der Waals surface area contributed by atoms with Crippen LogP contribution in [0, 0.1) is 0 Å². The van der Waals surface area contributed by atoms with Gasteiger partial charge in [0, 0.05) is 30.0 Å². The summed E-state index contributed by atoms with van der Waals surface area (Å²) in [4.78, 5) is 21.1. The third-order valence-corrected chi connectivity index (χ3v) is 6.88. The number of nitrogens with one attached hydrogen (secondary N) is 1. The summed E-state index contributed by atoms with van der Waals surface area (Å²) in [6.07, 6.45) is 9.56. The van der Waals surface area contributed by atoms with Gasteiger partial charge in [0.05, 0.1) is 6.04 Å². The number of benzene rings is 2. The smallest absolute Gasteiger partial charge is 0.325 e. The number of aryl methyl sites for hydroxylation is 1. The maximum absolute atomic E-state index is 13.6. The minimum atomic E-state index is 0.194. The van der Waals surface area contributed by atoms with E-state index in [1.807, 2.05) is 17.2 Å². The third kappa shape index (κ3) is 2.70. The lowest BCUT2D eigenvalue weighted by molar-refractivity contribution is 0.186. The number of carbonyl (C=O) groups excluding carboxylic acids is 1. The molecule has 2 bridgehead atoms. The van der Waals surface area contributed by atoms with Crippen LogP contribution in [0.3, 0.4) is 0 Å². The fraction of sp³-hybridized carbons (Fsp3) is 0.320. The van der Waals surface area contributed by atoms with Crippen molar-refractivity contribution in [2.45, 2.75) is 44.2 Å². The van der Waals surface area contributed by atoms with E-state index in [0.717, 1.165) is 44.3 Å². The number of H-pyrrole nitrogens is 1. The van der Waals surface area contributed by atoms with Crippen LogP contribution in [0.4, 0.5) is 10.5 Å². The zero-order valence-corrected chi connectivity index (χ0v) is 16.5. The molecule has 4 heteroatoms. The van der Waals surface area contributed by atoms with Crippen molar-refractivity contribution in [3.8, 4) is 0 Å². The monoisotopic (exact) mass is 383 g/mol. The first-order chi connectivity index (χ1) is 14.3. The zero-order chi connectivity index (χ0) is 19.4. The van der Waals surface area contributed by atoms with Crippen LogP contribution in [0.25, 0.3) is 16.5 Å². The van der Waals surface area contributed by atoms with Gasteiger partial charge in [0.2, 0.25) is 0 Å². The Hall–Kier alpha value is -3.01. The van der Waals surface area contributed by atoms with Gasteiger partial charge < -0.3 is 9.88 Å². The van der Waals surface area contributed by atoms with E-state index in [2.05, 4.69) is 58.4 Å². The second kappa shape index (κ2) is 6.51. The summed E-state index contributed by atoms with van der Waals surface area (Å²) < 4.78 is 0. The van der Waals surface area contributed by atoms with Crippen molar-refractivity contribution in [2.24, 2.45) is 0 Å². The minimum absolute atomic E-state index is 0.194. The molecule has 0 radical (unpaired) electrons. The Kier molecular flexibility index (Phi) is 3.80. The number of para-hydroxylation sites is 1.